The number of rotatable bonds is 5. The second-order valence-electron chi connectivity index (χ2n) is 5.49. The van der Waals surface area contributed by atoms with Gasteiger partial charge in [0.1, 0.15) is 5.75 Å². The maximum atomic E-state index is 10.0. The summed E-state index contributed by atoms with van der Waals surface area (Å²) in [6, 6.07) is 5.87. The summed E-state index contributed by atoms with van der Waals surface area (Å²) >= 11 is 3.47. The zero-order chi connectivity index (χ0) is 13.8. The van der Waals surface area contributed by atoms with Crippen LogP contribution in [0.3, 0.4) is 0 Å². The lowest BCUT2D eigenvalue weighted by atomic mass is 10.0. The van der Waals surface area contributed by atoms with Crippen molar-refractivity contribution in [2.75, 3.05) is 26.7 Å². The molecule has 1 heterocycles. The number of hydrogen-bond donors (Lipinski definition) is 2. The highest BCUT2D eigenvalue weighted by Gasteiger charge is 2.21. The SMILES string of the molecule is CCC(NCC1CCN(C)C1)c1cc(Br)ccc1O. The van der Waals surface area contributed by atoms with Gasteiger partial charge in [-0.15, -0.1) is 0 Å². The summed E-state index contributed by atoms with van der Waals surface area (Å²) in [6.07, 6.45) is 2.25. The van der Waals surface area contributed by atoms with Gasteiger partial charge in [0, 0.05) is 22.6 Å². The number of nitrogens with one attached hydrogen (secondary N) is 1. The molecule has 0 saturated carbocycles. The van der Waals surface area contributed by atoms with Crippen LogP contribution in [0.25, 0.3) is 0 Å². The predicted molar refractivity (Wildman–Crippen MR) is 82.4 cm³/mol. The van der Waals surface area contributed by atoms with Gasteiger partial charge in [0.2, 0.25) is 0 Å². The first-order valence-electron chi connectivity index (χ1n) is 7.00. The smallest absolute Gasteiger partial charge is 0.120 e. The third kappa shape index (κ3) is 3.94. The lowest BCUT2D eigenvalue weighted by molar-refractivity contribution is 0.373. The molecule has 0 bridgehead atoms. The summed E-state index contributed by atoms with van der Waals surface area (Å²) in [5, 5.41) is 13.6. The van der Waals surface area contributed by atoms with Gasteiger partial charge in [-0.2, -0.15) is 0 Å². The topological polar surface area (TPSA) is 35.5 Å². The highest BCUT2D eigenvalue weighted by atomic mass is 79.9. The van der Waals surface area contributed by atoms with E-state index < -0.39 is 0 Å². The van der Waals surface area contributed by atoms with Crippen LogP contribution in [0.4, 0.5) is 0 Å². The van der Waals surface area contributed by atoms with E-state index in [-0.39, 0.29) is 6.04 Å². The molecule has 2 unspecified atom stereocenters. The molecule has 0 spiro atoms. The van der Waals surface area contributed by atoms with E-state index in [1.807, 2.05) is 12.1 Å². The fourth-order valence-corrected chi connectivity index (χ4v) is 3.16. The fraction of sp³-hybridized carbons (Fsp3) is 0.600. The average molecular weight is 327 g/mol. The van der Waals surface area contributed by atoms with Gasteiger partial charge < -0.3 is 15.3 Å². The van der Waals surface area contributed by atoms with Crippen LogP contribution in [0.5, 0.6) is 5.75 Å². The number of hydrogen-bond acceptors (Lipinski definition) is 3. The molecule has 2 rings (SSSR count). The number of nitrogens with zero attached hydrogens (tertiary/aromatic N) is 1. The summed E-state index contributed by atoms with van der Waals surface area (Å²) < 4.78 is 1.01. The van der Waals surface area contributed by atoms with Gasteiger partial charge in [-0.1, -0.05) is 22.9 Å². The molecule has 106 valence electrons. The summed E-state index contributed by atoms with van der Waals surface area (Å²) in [5.74, 6) is 1.11. The zero-order valence-corrected chi connectivity index (χ0v) is 13.3. The molecule has 1 fully saturated rings. The maximum Gasteiger partial charge on any atom is 0.120 e. The fourth-order valence-electron chi connectivity index (χ4n) is 2.78. The largest absolute Gasteiger partial charge is 0.508 e. The van der Waals surface area contributed by atoms with Crippen LogP contribution in [0.2, 0.25) is 0 Å². The van der Waals surface area contributed by atoms with Crippen LogP contribution >= 0.6 is 15.9 Å². The minimum Gasteiger partial charge on any atom is -0.508 e. The molecule has 1 aromatic carbocycles. The number of aromatic hydroxyl groups is 1. The standard InChI is InChI=1S/C15H23BrN2O/c1-3-14(13-8-12(16)4-5-15(13)19)17-9-11-6-7-18(2)10-11/h4-5,8,11,14,17,19H,3,6-7,9-10H2,1-2H3. The molecule has 3 nitrogen and oxygen atoms in total. The van der Waals surface area contributed by atoms with Gasteiger partial charge in [-0.05, 0) is 57.1 Å². The highest BCUT2D eigenvalue weighted by molar-refractivity contribution is 9.10. The van der Waals surface area contributed by atoms with Crippen molar-refractivity contribution in [3.05, 3.63) is 28.2 Å². The summed E-state index contributed by atoms with van der Waals surface area (Å²) in [6.45, 7) is 5.55. The number of benzene rings is 1. The van der Waals surface area contributed by atoms with Gasteiger partial charge in [0.25, 0.3) is 0 Å². The molecule has 1 aliphatic rings. The zero-order valence-electron chi connectivity index (χ0n) is 11.7. The molecule has 2 atom stereocenters. The van der Waals surface area contributed by atoms with Crippen molar-refractivity contribution in [2.24, 2.45) is 5.92 Å². The summed E-state index contributed by atoms with van der Waals surface area (Å²) in [4.78, 5) is 2.38. The molecule has 1 saturated heterocycles. The highest BCUT2D eigenvalue weighted by Crippen LogP contribution is 2.29. The van der Waals surface area contributed by atoms with Crippen molar-refractivity contribution in [1.82, 2.24) is 10.2 Å². The van der Waals surface area contributed by atoms with E-state index >= 15 is 0 Å². The summed E-state index contributed by atoms with van der Waals surface area (Å²) in [7, 11) is 2.18. The molecule has 0 aliphatic carbocycles. The van der Waals surface area contributed by atoms with Gasteiger partial charge >= 0.3 is 0 Å². The Morgan fingerprint density at radius 2 is 2.32 bits per heavy atom. The minimum atomic E-state index is 0.225. The molecule has 0 amide bonds. The second-order valence-corrected chi connectivity index (χ2v) is 6.40. The van der Waals surface area contributed by atoms with E-state index in [0.717, 1.165) is 28.9 Å². The van der Waals surface area contributed by atoms with Crippen LogP contribution in [0.1, 0.15) is 31.4 Å². The Morgan fingerprint density at radius 1 is 1.53 bits per heavy atom. The van der Waals surface area contributed by atoms with Crippen LogP contribution in [0.15, 0.2) is 22.7 Å². The Kier molecular flexibility index (Phi) is 5.25. The Bertz CT molecular complexity index is 425. The Morgan fingerprint density at radius 3 is 2.95 bits per heavy atom. The molecule has 19 heavy (non-hydrogen) atoms. The third-order valence-electron chi connectivity index (χ3n) is 3.92. The van der Waals surface area contributed by atoms with Crippen molar-refractivity contribution in [3.63, 3.8) is 0 Å². The first-order chi connectivity index (χ1) is 9.10. The van der Waals surface area contributed by atoms with Crippen LogP contribution in [-0.4, -0.2) is 36.7 Å². The first kappa shape index (κ1) is 14.8. The van der Waals surface area contributed by atoms with Crippen LogP contribution in [-0.2, 0) is 0 Å². The quantitative estimate of drug-likeness (QED) is 0.872. The van der Waals surface area contributed by atoms with E-state index in [0.29, 0.717) is 5.75 Å². The molecule has 2 N–H and O–H groups in total. The van der Waals surface area contributed by atoms with E-state index in [2.05, 4.69) is 40.1 Å². The normalized spacial score (nSPS) is 21.7. The monoisotopic (exact) mass is 326 g/mol. The molecular formula is C15H23BrN2O. The molecular weight excluding hydrogens is 304 g/mol. The van der Waals surface area contributed by atoms with E-state index in [4.69, 9.17) is 0 Å². The van der Waals surface area contributed by atoms with Crippen molar-refractivity contribution >= 4 is 15.9 Å². The Balaban J connectivity index is 1.97. The summed E-state index contributed by atoms with van der Waals surface area (Å²) in [5.41, 5.74) is 0.989. The van der Waals surface area contributed by atoms with Gasteiger partial charge in [-0.3, -0.25) is 0 Å². The van der Waals surface area contributed by atoms with Crippen LogP contribution in [0, 0.1) is 5.92 Å². The van der Waals surface area contributed by atoms with Gasteiger partial charge in [0.15, 0.2) is 0 Å². The lowest BCUT2D eigenvalue weighted by Crippen LogP contribution is -2.28. The van der Waals surface area contributed by atoms with E-state index in [1.54, 1.807) is 6.07 Å². The minimum absolute atomic E-state index is 0.225. The van der Waals surface area contributed by atoms with Gasteiger partial charge in [-0.25, -0.2) is 0 Å². The van der Waals surface area contributed by atoms with Crippen molar-refractivity contribution < 1.29 is 5.11 Å². The number of likely N-dealkylation sites (tertiary alicyclic amines) is 1. The Hall–Kier alpha value is -0.580. The molecule has 4 heteroatoms. The third-order valence-corrected chi connectivity index (χ3v) is 4.41. The van der Waals surface area contributed by atoms with Crippen molar-refractivity contribution in [1.29, 1.82) is 0 Å². The Labute approximate surface area is 124 Å². The molecule has 1 aliphatic heterocycles. The molecule has 1 aromatic rings. The number of phenols is 1. The predicted octanol–water partition coefficient (Wildman–Crippen LogP) is 3.15. The number of halogens is 1. The first-order valence-corrected chi connectivity index (χ1v) is 7.79. The van der Waals surface area contributed by atoms with Crippen molar-refractivity contribution in [2.45, 2.75) is 25.8 Å². The lowest BCUT2D eigenvalue weighted by Gasteiger charge is -2.21. The maximum absolute atomic E-state index is 10.0. The van der Waals surface area contributed by atoms with Crippen LogP contribution < -0.4 is 5.32 Å². The molecule has 0 aromatic heterocycles. The number of phenolic OH excluding ortho intramolecular Hbond substituents is 1. The van der Waals surface area contributed by atoms with E-state index in [9.17, 15) is 5.11 Å². The van der Waals surface area contributed by atoms with E-state index in [1.165, 1.54) is 19.5 Å². The second kappa shape index (κ2) is 6.73. The molecule has 0 radical (unpaired) electrons. The average Bonchev–Trinajstić information content (AvgIpc) is 2.80. The van der Waals surface area contributed by atoms with Gasteiger partial charge in [0.05, 0.1) is 0 Å². The van der Waals surface area contributed by atoms with Crippen molar-refractivity contribution in [3.8, 4) is 5.75 Å².